The van der Waals surface area contributed by atoms with Crippen LogP contribution in [0.1, 0.15) is 18.4 Å². The Balaban J connectivity index is 0.000000466. The van der Waals surface area contributed by atoms with E-state index < -0.39 is 18.0 Å². The highest BCUT2D eigenvalue weighted by atomic mass is 35.5. The van der Waals surface area contributed by atoms with Crippen LogP contribution in [0.15, 0.2) is 33.5 Å². The number of aryl methyl sites for hydroxylation is 1. The zero-order valence-corrected chi connectivity index (χ0v) is 15.0. The number of hydrogen-bond donors (Lipinski definition) is 5. The van der Waals surface area contributed by atoms with Crippen LogP contribution in [0.2, 0.25) is 0 Å². The van der Waals surface area contributed by atoms with Crippen molar-refractivity contribution >= 4 is 41.1 Å². The van der Waals surface area contributed by atoms with Gasteiger partial charge in [-0.25, -0.2) is 9.59 Å². The van der Waals surface area contributed by atoms with E-state index in [-0.39, 0.29) is 18.0 Å². The number of benzene rings is 1. The van der Waals surface area contributed by atoms with Crippen molar-refractivity contribution in [1.29, 1.82) is 0 Å². The zero-order valence-electron chi connectivity index (χ0n) is 14.2. The van der Waals surface area contributed by atoms with Crippen molar-refractivity contribution in [1.82, 2.24) is 5.32 Å². The van der Waals surface area contributed by atoms with Gasteiger partial charge in [-0.2, -0.15) is 0 Å². The number of amides is 2. The van der Waals surface area contributed by atoms with Crippen molar-refractivity contribution < 1.29 is 19.1 Å². The minimum Gasteiger partial charge on any atom is -0.480 e. The monoisotopic (exact) mass is 386 g/mol. The summed E-state index contributed by atoms with van der Waals surface area (Å²) in [4.78, 5) is 31.3. The SMILES string of the molecule is Cc1cc(=O)oc2cc(N)ccc12.Cl.NC(=O)NCCC[C@H](N)C(=O)O. The third kappa shape index (κ3) is 7.86. The van der Waals surface area contributed by atoms with Crippen LogP contribution in [0, 0.1) is 6.92 Å². The van der Waals surface area contributed by atoms with Crippen LogP contribution < -0.4 is 28.1 Å². The number of nitrogens with two attached hydrogens (primary N) is 3. The number of halogens is 1. The smallest absolute Gasteiger partial charge is 0.336 e. The van der Waals surface area contributed by atoms with Crippen molar-refractivity contribution in [2.24, 2.45) is 11.5 Å². The first-order chi connectivity index (χ1) is 11.7. The highest BCUT2D eigenvalue weighted by Crippen LogP contribution is 2.18. The van der Waals surface area contributed by atoms with Gasteiger partial charge in [-0.3, -0.25) is 4.79 Å². The molecular weight excluding hydrogens is 364 g/mol. The minimum atomic E-state index is -1.03. The minimum absolute atomic E-state index is 0. The Morgan fingerprint density at radius 1 is 1.31 bits per heavy atom. The van der Waals surface area contributed by atoms with Crippen LogP contribution in [0.25, 0.3) is 11.0 Å². The number of primary amides is 1. The normalized spacial score (nSPS) is 10.8. The van der Waals surface area contributed by atoms with E-state index in [9.17, 15) is 14.4 Å². The summed E-state index contributed by atoms with van der Waals surface area (Å²) in [5.41, 5.74) is 17.2. The molecule has 10 heteroatoms. The molecule has 8 N–H and O–H groups in total. The van der Waals surface area contributed by atoms with Gasteiger partial charge in [0.25, 0.3) is 0 Å². The van der Waals surface area contributed by atoms with E-state index in [1.54, 1.807) is 12.1 Å². The summed E-state index contributed by atoms with van der Waals surface area (Å²) in [7, 11) is 0. The van der Waals surface area contributed by atoms with Gasteiger partial charge in [0.15, 0.2) is 0 Å². The standard InChI is InChI=1S/C10H9NO2.C6H13N3O3.ClH/c1-6-4-10(12)13-9-5-7(11)2-3-8(6)9;7-4(5(10)11)2-1-3-9-6(8)12;/h2-5H,11H2,1H3;4H,1-3,7H2,(H,10,11)(H3,8,9,12);1H/t;4-;/m.0./s1. The Morgan fingerprint density at radius 3 is 2.54 bits per heavy atom. The van der Waals surface area contributed by atoms with Gasteiger partial charge in [0.05, 0.1) is 0 Å². The Kier molecular flexibility index (Phi) is 9.78. The third-order valence-corrected chi connectivity index (χ3v) is 3.28. The molecule has 1 atom stereocenters. The second kappa shape index (κ2) is 11.0. The quantitative estimate of drug-likeness (QED) is 0.288. The molecule has 0 radical (unpaired) electrons. The predicted molar refractivity (Wildman–Crippen MR) is 101 cm³/mol. The van der Waals surface area contributed by atoms with Gasteiger partial charge in [-0.05, 0) is 37.5 Å². The summed E-state index contributed by atoms with van der Waals surface area (Å²) in [5, 5.41) is 11.6. The highest BCUT2D eigenvalue weighted by Gasteiger charge is 2.09. The van der Waals surface area contributed by atoms with Crippen LogP contribution in [-0.2, 0) is 4.79 Å². The lowest BCUT2D eigenvalue weighted by atomic mass is 10.1. The summed E-state index contributed by atoms with van der Waals surface area (Å²) in [6.07, 6.45) is 0.839. The molecule has 2 aromatic rings. The van der Waals surface area contributed by atoms with Crippen molar-refractivity contribution in [2.75, 3.05) is 12.3 Å². The van der Waals surface area contributed by atoms with Crippen molar-refractivity contribution in [3.63, 3.8) is 0 Å². The van der Waals surface area contributed by atoms with E-state index >= 15 is 0 Å². The molecule has 0 bridgehead atoms. The van der Waals surface area contributed by atoms with Crippen LogP contribution >= 0.6 is 12.4 Å². The fourth-order valence-corrected chi connectivity index (χ4v) is 2.00. The van der Waals surface area contributed by atoms with Gasteiger partial charge < -0.3 is 32.0 Å². The van der Waals surface area contributed by atoms with Crippen molar-refractivity contribution in [2.45, 2.75) is 25.8 Å². The van der Waals surface area contributed by atoms with E-state index in [1.165, 1.54) is 6.07 Å². The molecule has 0 saturated heterocycles. The van der Waals surface area contributed by atoms with Gasteiger partial charge >= 0.3 is 17.6 Å². The highest BCUT2D eigenvalue weighted by molar-refractivity contribution is 5.85. The largest absolute Gasteiger partial charge is 0.480 e. The molecule has 0 unspecified atom stereocenters. The number of anilines is 1. The van der Waals surface area contributed by atoms with E-state index in [0.29, 0.717) is 30.7 Å². The van der Waals surface area contributed by atoms with Crippen LogP contribution in [-0.4, -0.2) is 29.7 Å². The van der Waals surface area contributed by atoms with E-state index in [0.717, 1.165) is 10.9 Å². The summed E-state index contributed by atoms with van der Waals surface area (Å²) >= 11 is 0. The maximum Gasteiger partial charge on any atom is 0.336 e. The Labute approximate surface area is 155 Å². The number of aliphatic carboxylic acids is 1. The molecule has 0 spiro atoms. The number of hydrogen-bond acceptors (Lipinski definition) is 6. The van der Waals surface area contributed by atoms with E-state index in [1.807, 2.05) is 13.0 Å². The third-order valence-electron chi connectivity index (χ3n) is 3.28. The summed E-state index contributed by atoms with van der Waals surface area (Å²) in [6.45, 7) is 2.23. The summed E-state index contributed by atoms with van der Waals surface area (Å²) in [6, 6.07) is 5.29. The fourth-order valence-electron chi connectivity index (χ4n) is 2.00. The van der Waals surface area contributed by atoms with Crippen LogP contribution in [0.5, 0.6) is 0 Å². The van der Waals surface area contributed by atoms with Crippen LogP contribution in [0.4, 0.5) is 10.5 Å². The first-order valence-corrected chi connectivity index (χ1v) is 7.52. The van der Waals surface area contributed by atoms with Gasteiger partial charge in [0, 0.05) is 29.8 Å². The Morgan fingerprint density at radius 2 is 1.96 bits per heavy atom. The maximum atomic E-state index is 11.0. The van der Waals surface area contributed by atoms with Crippen LogP contribution in [0.3, 0.4) is 0 Å². The number of nitrogen functional groups attached to an aromatic ring is 1. The van der Waals surface area contributed by atoms with E-state index in [2.05, 4.69) is 5.32 Å². The molecule has 2 rings (SSSR count). The number of rotatable bonds is 5. The molecule has 1 heterocycles. The zero-order chi connectivity index (χ0) is 19.0. The lowest BCUT2D eigenvalue weighted by molar-refractivity contribution is -0.138. The second-order valence-electron chi connectivity index (χ2n) is 5.38. The van der Waals surface area contributed by atoms with Gasteiger partial charge in [-0.15, -0.1) is 12.4 Å². The van der Waals surface area contributed by atoms with Gasteiger partial charge in [0.1, 0.15) is 11.6 Å². The molecule has 0 aliphatic rings. The lowest BCUT2D eigenvalue weighted by Crippen LogP contribution is -2.33. The second-order valence-corrected chi connectivity index (χ2v) is 5.38. The van der Waals surface area contributed by atoms with Gasteiger partial charge in [-0.1, -0.05) is 0 Å². The molecule has 1 aromatic carbocycles. The van der Waals surface area contributed by atoms with E-state index in [4.69, 9.17) is 26.7 Å². The average molecular weight is 387 g/mol. The first-order valence-electron chi connectivity index (χ1n) is 7.52. The number of carbonyl (C=O) groups is 2. The molecule has 9 nitrogen and oxygen atoms in total. The number of nitrogens with one attached hydrogen (secondary N) is 1. The number of fused-ring (bicyclic) bond motifs is 1. The summed E-state index contributed by atoms with van der Waals surface area (Å²) in [5.74, 6) is -1.03. The molecule has 0 aliphatic carbocycles. The number of urea groups is 1. The average Bonchev–Trinajstić information content (AvgIpc) is 2.50. The number of carboxylic acids is 1. The molecule has 26 heavy (non-hydrogen) atoms. The number of carboxylic acid groups (broad SMARTS) is 1. The Hall–Kier alpha value is -2.78. The fraction of sp³-hybridized carbons (Fsp3) is 0.312. The molecule has 0 fully saturated rings. The van der Waals surface area contributed by atoms with Crippen molar-refractivity contribution in [3.8, 4) is 0 Å². The first kappa shape index (κ1) is 23.2. The molecule has 0 aliphatic heterocycles. The predicted octanol–water partition coefficient (Wildman–Crippen LogP) is 0.952. The molecule has 0 saturated carbocycles. The molecular formula is C16H23ClN4O5. The maximum absolute atomic E-state index is 11.0. The van der Waals surface area contributed by atoms with Gasteiger partial charge in [0.2, 0.25) is 0 Å². The molecule has 2 amide bonds. The Bertz CT molecular complexity index is 809. The topological polar surface area (TPSA) is 175 Å². The number of carbonyl (C=O) groups excluding carboxylic acids is 1. The molecule has 144 valence electrons. The molecule has 1 aromatic heterocycles. The van der Waals surface area contributed by atoms with Crippen molar-refractivity contribution in [3.05, 3.63) is 40.2 Å². The lowest BCUT2D eigenvalue weighted by Gasteiger charge is -2.05. The summed E-state index contributed by atoms with van der Waals surface area (Å²) < 4.78 is 4.99.